The minimum atomic E-state index is -2.37. The number of carbonyl (C=O) groups is 5. The molecule has 5 aromatic carbocycles. The number of phenolic OH excluding ortho intramolecular Hbond substituents is 7. The maximum absolute atomic E-state index is 14.0. The summed E-state index contributed by atoms with van der Waals surface area (Å²) in [4.78, 5) is 63.7. The Bertz CT molecular complexity index is 4340. The number of carboxylic acids is 1. The first kappa shape index (κ1) is 87.1. The minimum absolute atomic E-state index is 0.144. The molecule has 117 heavy (non-hydrogen) atoms. The number of esters is 4. The number of aliphatic hydroxyl groups is 14. The lowest BCUT2D eigenvalue weighted by molar-refractivity contribution is -0.353. The first-order valence-corrected chi connectivity index (χ1v) is 35.5. The summed E-state index contributed by atoms with van der Waals surface area (Å²) < 4.78 is 88.1. The number of rotatable bonds is 27. The number of ether oxygens (including phenoxy) is 15. The minimum Gasteiger partial charge on any atom is -0.508 e. The summed E-state index contributed by atoms with van der Waals surface area (Å²) in [5, 5.41) is 239. The summed E-state index contributed by atoms with van der Waals surface area (Å²) in [6.07, 6.45) is -47.9. The highest BCUT2D eigenvalue weighted by Gasteiger charge is 2.55. The predicted octanol–water partition coefficient (Wildman–Crippen LogP) is -3.88. The van der Waals surface area contributed by atoms with Gasteiger partial charge in [-0.15, -0.1) is 0 Å². The molecule has 0 amide bonds. The van der Waals surface area contributed by atoms with Gasteiger partial charge >= 0.3 is 29.8 Å². The van der Waals surface area contributed by atoms with E-state index in [1.54, 1.807) is 0 Å². The third-order valence-electron chi connectivity index (χ3n) is 19.0. The summed E-state index contributed by atoms with van der Waals surface area (Å²) in [5.74, 6) is -14.2. The van der Waals surface area contributed by atoms with Crippen molar-refractivity contribution in [1.82, 2.24) is 0 Å². The van der Waals surface area contributed by atoms with Crippen LogP contribution in [0.25, 0.3) is 24.3 Å². The molecule has 634 valence electrons. The lowest BCUT2D eigenvalue weighted by atomic mass is 9.96. The molecule has 42 nitrogen and oxygen atoms in total. The summed E-state index contributed by atoms with van der Waals surface area (Å²) >= 11 is 0. The van der Waals surface area contributed by atoms with Crippen LogP contribution < -0.4 is 18.9 Å². The van der Waals surface area contributed by atoms with Crippen LogP contribution in [0.2, 0.25) is 0 Å². The van der Waals surface area contributed by atoms with E-state index < -0.39 is 291 Å². The van der Waals surface area contributed by atoms with Crippen LogP contribution in [0.4, 0.5) is 0 Å². The molecule has 0 saturated carbocycles. The topological polar surface area (TPSA) is 669 Å². The Morgan fingerprint density at radius 3 is 1.34 bits per heavy atom. The number of aliphatic hydroxyl groups excluding tert-OH is 14. The molecule has 5 saturated heterocycles. The third kappa shape index (κ3) is 20.6. The largest absolute Gasteiger partial charge is 0.508 e. The number of aromatic hydroxyl groups is 7. The standard InChI is InChI=1S/C75H82O42/c1-28-68(117-74-66(101)59(94)55(90)45(24-76)112-74)70(116-52(87)15-6-29-2-9-33(77)10-3-29)67(102)75(106-28)111-44-22-35-40(20-34(78)21-41(35)108-71-63(98)60(95)58(93)48(113-71)27-105-53(88)23-49(83)84)107-69(44)32-18-42(109-72-64(99)61(96)56(91)46(114-72)25-103-50(85)13-7-30-4-11-36(79)38(81)16-30)54(89)43(19-32)110-73-65(100)62(97)57(92)47(115-73)26-104-51(86)14-8-31-5-12-37(80)39(82)17-31/h2-22,28,45-48,55-82,89-102H,23-27H2,1H3,(H,83,84)/b13-7+,14-8+,15-6+/t28-,45+,46+,47+,48+,55+,56+,57+,58+,59-,60-,61-,62-,63+,64+,65+,66+,67+,68-,69?,70-,71+,72+,73+,74-,75-/m0/s1. The second-order valence-corrected chi connectivity index (χ2v) is 27.3. The van der Waals surface area contributed by atoms with E-state index in [0.717, 1.165) is 85.0 Å². The zero-order chi connectivity index (χ0) is 84.7. The molecule has 5 aromatic rings. The van der Waals surface area contributed by atoms with Gasteiger partial charge in [-0.2, -0.15) is 0 Å². The number of benzene rings is 5. The van der Waals surface area contributed by atoms with Crippen LogP contribution in [0.3, 0.4) is 0 Å². The number of carboxylic acid groups (broad SMARTS) is 1. The van der Waals surface area contributed by atoms with E-state index in [1.807, 2.05) is 0 Å². The van der Waals surface area contributed by atoms with Gasteiger partial charge in [0.25, 0.3) is 0 Å². The average molecular weight is 1660 g/mol. The highest BCUT2D eigenvalue weighted by molar-refractivity contribution is 5.90. The number of fused-ring (bicyclic) bond motifs is 1. The van der Waals surface area contributed by atoms with Crippen LogP contribution in [0, 0.1) is 0 Å². The molecule has 5 fully saturated rings. The molecule has 6 aliphatic heterocycles. The molecular weight excluding hydrogens is 1570 g/mol. The van der Waals surface area contributed by atoms with Crippen molar-refractivity contribution in [2.24, 2.45) is 0 Å². The number of carbonyl (C=O) groups excluding carboxylic acids is 4. The molecule has 0 aliphatic carbocycles. The molecule has 42 heteroatoms. The van der Waals surface area contributed by atoms with Gasteiger partial charge in [0, 0.05) is 35.9 Å². The molecule has 0 spiro atoms. The quantitative estimate of drug-likeness (QED) is 0.00786. The van der Waals surface area contributed by atoms with Gasteiger partial charge in [-0.25, -0.2) is 14.4 Å². The molecule has 6 aliphatic rings. The van der Waals surface area contributed by atoms with Crippen molar-refractivity contribution >= 4 is 54.2 Å². The van der Waals surface area contributed by atoms with Gasteiger partial charge in [0.05, 0.1) is 18.3 Å². The van der Waals surface area contributed by atoms with E-state index in [2.05, 4.69) is 0 Å². The van der Waals surface area contributed by atoms with Crippen LogP contribution >= 0.6 is 0 Å². The first-order chi connectivity index (χ1) is 55.5. The molecular formula is C75H82O42. The summed E-state index contributed by atoms with van der Waals surface area (Å²) in [6, 6.07) is 16.0. The molecule has 0 bridgehead atoms. The number of aliphatic carboxylic acids is 1. The van der Waals surface area contributed by atoms with E-state index in [0.29, 0.717) is 5.56 Å². The van der Waals surface area contributed by atoms with Crippen LogP contribution in [-0.4, -0.2) is 322 Å². The summed E-state index contributed by atoms with van der Waals surface area (Å²) in [6.45, 7) is -2.52. The van der Waals surface area contributed by atoms with Crippen molar-refractivity contribution in [2.45, 2.75) is 173 Å². The van der Waals surface area contributed by atoms with Crippen LogP contribution in [0.5, 0.6) is 63.2 Å². The lowest BCUT2D eigenvalue weighted by Gasteiger charge is -2.46. The Kier molecular flexibility index (Phi) is 28.0. The van der Waals surface area contributed by atoms with Crippen molar-refractivity contribution in [2.75, 3.05) is 26.4 Å². The van der Waals surface area contributed by atoms with Crippen molar-refractivity contribution in [1.29, 1.82) is 0 Å². The van der Waals surface area contributed by atoms with Crippen molar-refractivity contribution < 1.29 is 207 Å². The van der Waals surface area contributed by atoms with E-state index >= 15 is 0 Å². The number of hydrogen-bond acceptors (Lipinski definition) is 41. The zero-order valence-electron chi connectivity index (χ0n) is 60.7. The van der Waals surface area contributed by atoms with Gasteiger partial charge in [-0.3, -0.25) is 9.59 Å². The Labute approximate surface area is 658 Å². The fourth-order valence-corrected chi connectivity index (χ4v) is 12.6. The normalized spacial score (nSPS) is 32.4. The fourth-order valence-electron chi connectivity index (χ4n) is 12.6. The van der Waals surface area contributed by atoms with Gasteiger partial charge < -0.3 is 183 Å². The highest BCUT2D eigenvalue weighted by atomic mass is 16.8. The average Bonchev–Trinajstić information content (AvgIpc) is 0.754. The molecule has 1 unspecified atom stereocenters. The Hall–Kier alpha value is -10.8. The number of phenols is 7. The highest BCUT2D eigenvalue weighted by Crippen LogP contribution is 2.50. The molecule has 22 N–H and O–H groups in total. The van der Waals surface area contributed by atoms with E-state index in [9.17, 15) is 131 Å². The van der Waals surface area contributed by atoms with Crippen molar-refractivity contribution in [3.8, 4) is 63.2 Å². The number of hydrogen-bond donors (Lipinski definition) is 22. The molecule has 0 aromatic heterocycles. The fraction of sp³-hybridized carbons (Fsp3) is 0.427. The monoisotopic (exact) mass is 1650 g/mol. The van der Waals surface area contributed by atoms with Gasteiger partial charge in [0.15, 0.2) is 59.1 Å². The SMILES string of the molecule is C[C@@H]1O[C@@H](OC2=Cc3c(cc(O)cc3O[C@@H]3O[C@H](COC(=O)CC(=O)O)[C@@H](O)[C@H](O)[C@H]3O)OC2c2cc(O[C@@H]3O[C@H](COC(=O)/C=C/c4ccc(O)c(O)c4)[C@@H](O)[C@H](O)[C@H]3O)c(O)c(O[C@@H]3O[C@H](COC(=O)/C=C/c4ccc(O)c(O)c4)[C@@H](O)[C@H](O)[C@H]3O)c2)[C@H](O)[C@H](OC(=O)/C=C/c2ccc(O)cc2)[C@H]1O[C@@H]1O[C@H](CO)[C@@H](O)[C@H](O)[C@H]1O. The van der Waals surface area contributed by atoms with E-state index in [-0.39, 0.29) is 22.4 Å². The van der Waals surface area contributed by atoms with Crippen LogP contribution in [0.15, 0.2) is 109 Å². The predicted molar refractivity (Wildman–Crippen MR) is 379 cm³/mol. The Balaban J connectivity index is 0.995. The second kappa shape index (κ2) is 37.6. The maximum Gasteiger partial charge on any atom is 0.331 e. The van der Waals surface area contributed by atoms with Crippen LogP contribution in [-0.2, 0) is 76.1 Å². The van der Waals surface area contributed by atoms with Crippen LogP contribution in [0.1, 0.15) is 47.3 Å². The summed E-state index contributed by atoms with van der Waals surface area (Å²) in [7, 11) is 0. The smallest absolute Gasteiger partial charge is 0.331 e. The maximum atomic E-state index is 14.0. The van der Waals surface area contributed by atoms with Crippen molar-refractivity contribution in [3.05, 3.63) is 137 Å². The zero-order valence-corrected chi connectivity index (χ0v) is 60.7. The van der Waals surface area contributed by atoms with Gasteiger partial charge in [0.1, 0.15) is 159 Å². The first-order valence-electron chi connectivity index (χ1n) is 35.5. The van der Waals surface area contributed by atoms with Gasteiger partial charge in [-0.1, -0.05) is 24.3 Å². The van der Waals surface area contributed by atoms with Crippen molar-refractivity contribution in [3.63, 3.8) is 0 Å². The Morgan fingerprint density at radius 2 is 0.855 bits per heavy atom. The second-order valence-electron chi connectivity index (χ2n) is 27.3. The van der Waals surface area contributed by atoms with Gasteiger partial charge in [0.2, 0.25) is 30.9 Å². The van der Waals surface area contributed by atoms with E-state index in [1.165, 1.54) is 49.4 Å². The molecule has 6 heterocycles. The molecule has 26 atom stereocenters. The Morgan fingerprint density at radius 1 is 0.419 bits per heavy atom. The summed E-state index contributed by atoms with van der Waals surface area (Å²) in [5.41, 5.74) is -0.143. The lowest BCUT2D eigenvalue weighted by Crippen LogP contribution is -2.64. The molecule has 11 rings (SSSR count). The van der Waals surface area contributed by atoms with Gasteiger partial charge in [-0.05, 0) is 96.4 Å². The van der Waals surface area contributed by atoms with E-state index in [4.69, 9.17) is 76.2 Å². The third-order valence-corrected chi connectivity index (χ3v) is 19.0. The molecule has 0 radical (unpaired) electrons.